The van der Waals surface area contributed by atoms with Crippen molar-refractivity contribution in [3.63, 3.8) is 0 Å². The molecule has 0 bridgehead atoms. The Hall–Kier alpha value is -0.730. The molecule has 7 heteroatoms. The summed E-state index contributed by atoms with van der Waals surface area (Å²) in [5.74, 6) is 0.127. The zero-order chi connectivity index (χ0) is 17.9. The molecule has 0 aliphatic carbocycles. The molecule has 25 heavy (non-hydrogen) atoms. The lowest BCUT2D eigenvalue weighted by molar-refractivity contribution is -0.134. The van der Waals surface area contributed by atoms with Gasteiger partial charge in [0.25, 0.3) is 0 Å². The fourth-order valence-corrected chi connectivity index (χ4v) is 3.30. The molecule has 0 aromatic heterocycles. The van der Waals surface area contributed by atoms with Crippen LogP contribution in [0.1, 0.15) is 27.7 Å². The second-order valence-electron chi connectivity index (χ2n) is 9.35. The summed E-state index contributed by atoms with van der Waals surface area (Å²) in [6, 6.07) is 0. The van der Waals surface area contributed by atoms with Crippen LogP contribution in [0.2, 0.25) is 0 Å². The van der Waals surface area contributed by atoms with Crippen molar-refractivity contribution in [3.05, 3.63) is 0 Å². The zero-order valence-corrected chi connectivity index (χ0v) is 15.8. The van der Waals surface area contributed by atoms with Gasteiger partial charge in [0.05, 0.1) is 46.1 Å². The Morgan fingerprint density at radius 1 is 0.720 bits per heavy atom. The van der Waals surface area contributed by atoms with E-state index in [1.807, 2.05) is 4.90 Å². The Bertz CT molecular complexity index is 510. The summed E-state index contributed by atoms with van der Waals surface area (Å²) in [6.07, 6.45) is 0. The molecule has 142 valence electrons. The molecule has 7 nitrogen and oxygen atoms in total. The number of epoxide rings is 4. The highest BCUT2D eigenvalue weighted by Gasteiger charge is 2.49. The molecule has 4 aliphatic rings. The molecule has 0 N–H and O–H groups in total. The quantitative estimate of drug-likeness (QED) is 0.525. The fourth-order valence-electron chi connectivity index (χ4n) is 3.30. The van der Waals surface area contributed by atoms with Gasteiger partial charge in [-0.1, -0.05) is 0 Å². The highest BCUT2D eigenvalue weighted by atomic mass is 16.6. The molecule has 4 rings (SSSR count). The Labute approximate surface area is 149 Å². The summed E-state index contributed by atoms with van der Waals surface area (Å²) in [4.78, 5) is 17.2. The molecule has 1 amide bonds. The minimum atomic E-state index is -0.192. The van der Waals surface area contributed by atoms with Crippen molar-refractivity contribution in [2.24, 2.45) is 0 Å². The van der Waals surface area contributed by atoms with Crippen LogP contribution < -0.4 is 0 Å². The van der Waals surface area contributed by atoms with Crippen LogP contribution in [0.5, 0.6) is 0 Å². The van der Waals surface area contributed by atoms with E-state index in [4.69, 9.17) is 18.9 Å². The van der Waals surface area contributed by atoms with Gasteiger partial charge in [0, 0.05) is 13.1 Å². The number of carbonyl (C=O) groups is 1. The van der Waals surface area contributed by atoms with Crippen molar-refractivity contribution in [2.75, 3.05) is 59.2 Å². The molecular weight excluding hydrogens is 324 g/mol. The number of nitrogens with zero attached hydrogens (tertiary/aromatic N) is 2. The first-order valence-corrected chi connectivity index (χ1v) is 9.16. The molecule has 4 atom stereocenters. The van der Waals surface area contributed by atoms with Gasteiger partial charge in [0.1, 0.15) is 22.4 Å². The highest BCUT2D eigenvalue weighted by molar-refractivity contribution is 5.78. The molecule has 0 saturated carbocycles. The summed E-state index contributed by atoms with van der Waals surface area (Å²) in [5.41, 5.74) is -0.618. The Balaban J connectivity index is 1.39. The van der Waals surface area contributed by atoms with E-state index in [0.717, 1.165) is 39.5 Å². The molecule has 4 fully saturated rings. The Kier molecular flexibility index (Phi) is 3.98. The monoisotopic (exact) mass is 354 g/mol. The van der Waals surface area contributed by atoms with Gasteiger partial charge in [-0.05, 0) is 27.7 Å². The Morgan fingerprint density at radius 2 is 1.04 bits per heavy atom. The SMILES string of the molecule is CC1(CN(CC(=O)N(CC2(C)CO2)CC2(C)CO2)CC2(C)CO2)CO1. The summed E-state index contributed by atoms with van der Waals surface area (Å²) in [6.45, 7) is 14.4. The lowest BCUT2D eigenvalue weighted by Gasteiger charge is -2.31. The van der Waals surface area contributed by atoms with Crippen molar-refractivity contribution in [2.45, 2.75) is 50.1 Å². The second-order valence-corrected chi connectivity index (χ2v) is 9.35. The lowest BCUT2D eigenvalue weighted by atomic mass is 10.1. The molecule has 4 heterocycles. The third-order valence-electron chi connectivity index (χ3n) is 5.43. The van der Waals surface area contributed by atoms with Gasteiger partial charge in [0.15, 0.2) is 0 Å². The van der Waals surface area contributed by atoms with E-state index >= 15 is 0 Å². The van der Waals surface area contributed by atoms with Crippen molar-refractivity contribution >= 4 is 5.91 Å². The summed E-state index contributed by atoms with van der Waals surface area (Å²) < 4.78 is 22.1. The van der Waals surface area contributed by atoms with Gasteiger partial charge < -0.3 is 23.8 Å². The third-order valence-corrected chi connectivity index (χ3v) is 5.43. The van der Waals surface area contributed by atoms with Crippen LogP contribution in [-0.4, -0.2) is 97.3 Å². The van der Waals surface area contributed by atoms with Crippen molar-refractivity contribution < 1.29 is 23.7 Å². The minimum Gasteiger partial charge on any atom is -0.369 e. The van der Waals surface area contributed by atoms with Crippen LogP contribution in [0.3, 0.4) is 0 Å². The standard InChI is InChI=1S/C18H30N2O5/c1-15(10-22-15)6-19(7-16(2)11-23-16)5-14(21)20(8-17(3)12-24-17)9-18(4)13-25-18/h5-13H2,1-4H3. The van der Waals surface area contributed by atoms with Gasteiger partial charge >= 0.3 is 0 Å². The van der Waals surface area contributed by atoms with Crippen molar-refractivity contribution in [3.8, 4) is 0 Å². The minimum absolute atomic E-state index is 0.118. The van der Waals surface area contributed by atoms with E-state index in [0.29, 0.717) is 19.6 Å². The van der Waals surface area contributed by atoms with E-state index in [1.54, 1.807) is 0 Å². The predicted molar refractivity (Wildman–Crippen MR) is 90.4 cm³/mol. The van der Waals surface area contributed by atoms with Gasteiger partial charge in [0.2, 0.25) is 5.91 Å². The van der Waals surface area contributed by atoms with Gasteiger partial charge in [-0.25, -0.2) is 0 Å². The average molecular weight is 354 g/mol. The number of hydrogen-bond donors (Lipinski definition) is 0. The number of ether oxygens (including phenoxy) is 4. The summed E-state index contributed by atoms with van der Waals surface area (Å²) in [5, 5.41) is 0. The fraction of sp³-hybridized carbons (Fsp3) is 0.944. The van der Waals surface area contributed by atoms with Crippen LogP contribution in [0.15, 0.2) is 0 Å². The molecular formula is C18H30N2O5. The molecule has 0 spiro atoms. The summed E-state index contributed by atoms with van der Waals surface area (Å²) >= 11 is 0. The maximum Gasteiger partial charge on any atom is 0.236 e. The smallest absolute Gasteiger partial charge is 0.236 e. The molecule has 4 saturated heterocycles. The van der Waals surface area contributed by atoms with Crippen LogP contribution in [0.25, 0.3) is 0 Å². The van der Waals surface area contributed by atoms with Crippen molar-refractivity contribution in [1.82, 2.24) is 9.80 Å². The molecule has 0 aromatic rings. The first kappa shape index (κ1) is 17.7. The van der Waals surface area contributed by atoms with Gasteiger partial charge in [-0.15, -0.1) is 0 Å². The molecule has 0 aromatic carbocycles. The van der Waals surface area contributed by atoms with E-state index in [1.165, 1.54) is 0 Å². The van der Waals surface area contributed by atoms with Crippen LogP contribution in [0, 0.1) is 0 Å². The van der Waals surface area contributed by atoms with Gasteiger partial charge in [-0.2, -0.15) is 0 Å². The highest BCUT2D eigenvalue weighted by Crippen LogP contribution is 2.33. The normalized spacial score (nSPS) is 43.9. The number of rotatable bonds is 10. The van der Waals surface area contributed by atoms with E-state index in [-0.39, 0.29) is 28.3 Å². The first-order valence-electron chi connectivity index (χ1n) is 9.16. The lowest BCUT2D eigenvalue weighted by Crippen LogP contribution is -2.50. The second kappa shape index (κ2) is 5.63. The molecule has 0 radical (unpaired) electrons. The van der Waals surface area contributed by atoms with E-state index < -0.39 is 0 Å². The van der Waals surface area contributed by atoms with Crippen LogP contribution in [0.4, 0.5) is 0 Å². The van der Waals surface area contributed by atoms with Gasteiger partial charge in [-0.3, -0.25) is 9.69 Å². The third kappa shape index (κ3) is 4.71. The topological polar surface area (TPSA) is 73.7 Å². The van der Waals surface area contributed by atoms with Crippen LogP contribution in [-0.2, 0) is 23.7 Å². The maximum atomic E-state index is 13.1. The first-order chi connectivity index (χ1) is 11.6. The zero-order valence-electron chi connectivity index (χ0n) is 15.8. The van der Waals surface area contributed by atoms with E-state index in [2.05, 4.69) is 32.6 Å². The predicted octanol–water partition coefficient (Wildman–Crippen LogP) is 0.273. The average Bonchev–Trinajstić information content (AvgIpc) is 3.29. The largest absolute Gasteiger partial charge is 0.369 e. The number of carbonyl (C=O) groups excluding carboxylic acids is 1. The molecule has 4 unspecified atom stereocenters. The maximum absolute atomic E-state index is 13.1. The summed E-state index contributed by atoms with van der Waals surface area (Å²) in [7, 11) is 0. The number of hydrogen-bond acceptors (Lipinski definition) is 6. The Morgan fingerprint density at radius 3 is 1.36 bits per heavy atom. The van der Waals surface area contributed by atoms with Crippen LogP contribution >= 0.6 is 0 Å². The van der Waals surface area contributed by atoms with Crippen molar-refractivity contribution in [1.29, 1.82) is 0 Å². The number of amides is 1. The molecule has 4 aliphatic heterocycles. The van der Waals surface area contributed by atoms with E-state index in [9.17, 15) is 4.79 Å².